The lowest BCUT2D eigenvalue weighted by Crippen LogP contribution is -2.34. The third kappa shape index (κ3) is 4.15. The van der Waals surface area contributed by atoms with Gasteiger partial charge in [-0.15, -0.1) is 0 Å². The Hall–Kier alpha value is -1.35. The van der Waals surface area contributed by atoms with Gasteiger partial charge in [0.25, 0.3) is 0 Å². The van der Waals surface area contributed by atoms with Crippen LogP contribution in [0.15, 0.2) is 30.3 Å². The minimum absolute atomic E-state index is 0.224. The van der Waals surface area contributed by atoms with Crippen LogP contribution in [0.3, 0.4) is 0 Å². The Kier molecular flexibility index (Phi) is 5.35. The summed E-state index contributed by atoms with van der Waals surface area (Å²) in [7, 11) is 0. The number of ether oxygens (including phenoxy) is 1. The highest BCUT2D eigenvalue weighted by Gasteiger charge is 2.28. The maximum atomic E-state index is 11.8. The van der Waals surface area contributed by atoms with Crippen LogP contribution in [0.1, 0.15) is 44.0 Å². The maximum Gasteiger partial charge on any atom is 0.338 e. The first kappa shape index (κ1) is 14.7. The van der Waals surface area contributed by atoms with E-state index in [1.807, 2.05) is 26.8 Å². The van der Waals surface area contributed by atoms with Crippen LogP contribution in [-0.4, -0.2) is 23.8 Å². The molecular formula is C15H22O3. The summed E-state index contributed by atoms with van der Waals surface area (Å²) in [5.41, 5.74) is 0.124. The Labute approximate surface area is 109 Å². The fraction of sp³-hybridized carbons (Fsp3) is 0.533. The van der Waals surface area contributed by atoms with E-state index in [1.54, 1.807) is 24.3 Å². The van der Waals surface area contributed by atoms with Gasteiger partial charge >= 0.3 is 5.97 Å². The van der Waals surface area contributed by atoms with Gasteiger partial charge in [0.2, 0.25) is 0 Å². The molecule has 0 aliphatic rings. The molecule has 1 aromatic rings. The highest BCUT2D eigenvalue weighted by atomic mass is 16.5. The summed E-state index contributed by atoms with van der Waals surface area (Å²) < 4.78 is 5.26. The summed E-state index contributed by atoms with van der Waals surface area (Å²) in [5, 5.41) is 9.97. The molecule has 0 fully saturated rings. The van der Waals surface area contributed by atoms with Gasteiger partial charge in [-0.1, -0.05) is 45.4 Å². The molecule has 0 saturated heterocycles. The van der Waals surface area contributed by atoms with Crippen molar-refractivity contribution in [2.75, 3.05) is 6.61 Å². The number of esters is 1. The van der Waals surface area contributed by atoms with E-state index >= 15 is 0 Å². The molecule has 1 rings (SSSR count). The average molecular weight is 250 g/mol. The summed E-state index contributed by atoms with van der Waals surface area (Å²) in [6, 6.07) is 8.89. The third-order valence-corrected chi connectivity index (χ3v) is 3.05. The largest absolute Gasteiger partial charge is 0.461 e. The molecule has 0 aromatic heterocycles. The molecule has 100 valence electrons. The third-order valence-electron chi connectivity index (χ3n) is 3.05. The molecule has 0 bridgehead atoms. The monoisotopic (exact) mass is 250 g/mol. The van der Waals surface area contributed by atoms with Crippen LogP contribution in [-0.2, 0) is 4.74 Å². The van der Waals surface area contributed by atoms with Crippen molar-refractivity contribution in [2.24, 2.45) is 5.41 Å². The molecule has 1 atom stereocenters. The average Bonchev–Trinajstić information content (AvgIpc) is 2.37. The molecule has 1 N–H and O–H groups in total. The number of rotatable bonds is 6. The predicted molar refractivity (Wildman–Crippen MR) is 71.4 cm³/mol. The first-order chi connectivity index (χ1) is 8.47. The van der Waals surface area contributed by atoms with E-state index in [1.165, 1.54) is 0 Å². The summed E-state index contributed by atoms with van der Waals surface area (Å²) in [6.07, 6.45) is 1.18. The summed E-state index contributed by atoms with van der Waals surface area (Å²) >= 11 is 0. The van der Waals surface area contributed by atoms with Gasteiger partial charge in [-0.2, -0.15) is 0 Å². The zero-order valence-electron chi connectivity index (χ0n) is 11.3. The number of carbonyl (C=O) groups excluding carboxylic acids is 1. The lowest BCUT2D eigenvalue weighted by atomic mass is 9.85. The van der Waals surface area contributed by atoms with Crippen LogP contribution in [0.4, 0.5) is 0 Å². The molecule has 18 heavy (non-hydrogen) atoms. The van der Waals surface area contributed by atoms with Gasteiger partial charge in [-0.25, -0.2) is 4.79 Å². The lowest BCUT2D eigenvalue weighted by molar-refractivity contribution is -0.0164. The zero-order valence-corrected chi connectivity index (χ0v) is 11.3. The van der Waals surface area contributed by atoms with Crippen molar-refractivity contribution in [3.05, 3.63) is 35.9 Å². The van der Waals surface area contributed by atoms with E-state index in [0.29, 0.717) is 5.56 Å². The highest BCUT2D eigenvalue weighted by molar-refractivity contribution is 5.89. The topological polar surface area (TPSA) is 46.5 Å². The summed E-state index contributed by atoms with van der Waals surface area (Å²) in [5.74, 6) is -0.340. The van der Waals surface area contributed by atoms with Gasteiger partial charge in [0.05, 0.1) is 18.3 Å². The number of aliphatic hydroxyl groups is 1. The number of carbonyl (C=O) groups is 1. The Morgan fingerprint density at radius 1 is 1.33 bits per heavy atom. The van der Waals surface area contributed by atoms with Crippen molar-refractivity contribution in [2.45, 2.75) is 39.7 Å². The second-order valence-corrected chi connectivity index (χ2v) is 5.24. The van der Waals surface area contributed by atoms with Crippen molar-refractivity contribution in [3.63, 3.8) is 0 Å². The Balaban J connectivity index is 2.52. The van der Waals surface area contributed by atoms with E-state index in [0.717, 1.165) is 12.8 Å². The molecule has 0 aliphatic carbocycles. The molecule has 0 radical (unpaired) electrons. The molecule has 0 unspecified atom stereocenters. The van der Waals surface area contributed by atoms with Crippen LogP contribution in [0, 0.1) is 5.41 Å². The normalized spacial score (nSPS) is 13.1. The van der Waals surface area contributed by atoms with Crippen LogP contribution < -0.4 is 0 Å². The smallest absolute Gasteiger partial charge is 0.338 e. The van der Waals surface area contributed by atoms with Crippen molar-refractivity contribution in [1.82, 2.24) is 0 Å². The Bertz CT molecular complexity index is 371. The van der Waals surface area contributed by atoms with Gasteiger partial charge < -0.3 is 9.84 Å². The number of hydrogen-bond donors (Lipinski definition) is 1. The van der Waals surface area contributed by atoms with Crippen molar-refractivity contribution in [3.8, 4) is 0 Å². The zero-order chi connectivity index (χ0) is 13.6. The van der Waals surface area contributed by atoms with Crippen LogP contribution in [0.25, 0.3) is 0 Å². The maximum absolute atomic E-state index is 11.8. The molecule has 0 aliphatic heterocycles. The predicted octanol–water partition coefficient (Wildman–Crippen LogP) is 3.03. The Morgan fingerprint density at radius 2 is 1.94 bits per heavy atom. The van der Waals surface area contributed by atoms with Crippen LogP contribution >= 0.6 is 0 Å². The van der Waals surface area contributed by atoms with E-state index in [4.69, 9.17) is 4.74 Å². The van der Waals surface area contributed by atoms with E-state index in [2.05, 4.69) is 0 Å². The van der Waals surface area contributed by atoms with Crippen molar-refractivity contribution in [1.29, 1.82) is 0 Å². The molecule has 0 heterocycles. The molecule has 0 amide bonds. The highest BCUT2D eigenvalue weighted by Crippen LogP contribution is 2.24. The summed E-state index contributed by atoms with van der Waals surface area (Å²) in [6.45, 7) is 6.06. The van der Waals surface area contributed by atoms with Crippen LogP contribution in [0.5, 0.6) is 0 Å². The molecular weight excluding hydrogens is 228 g/mol. The first-order valence-corrected chi connectivity index (χ1v) is 6.37. The molecule has 0 spiro atoms. The van der Waals surface area contributed by atoms with Crippen molar-refractivity contribution < 1.29 is 14.6 Å². The minimum atomic E-state index is -0.453. The fourth-order valence-corrected chi connectivity index (χ4v) is 1.67. The second kappa shape index (κ2) is 6.55. The SMILES string of the molecule is CCC[C@H](O)C(C)(C)COC(=O)c1ccccc1. The molecule has 3 nitrogen and oxygen atoms in total. The first-order valence-electron chi connectivity index (χ1n) is 6.37. The Morgan fingerprint density at radius 3 is 2.50 bits per heavy atom. The van der Waals surface area contributed by atoms with Gasteiger partial charge in [0.1, 0.15) is 0 Å². The standard InChI is InChI=1S/C15H22O3/c1-4-8-13(16)15(2,3)11-18-14(17)12-9-6-5-7-10-12/h5-7,9-10,13,16H,4,8,11H2,1-3H3/t13-/m0/s1. The number of aliphatic hydroxyl groups excluding tert-OH is 1. The number of benzene rings is 1. The molecule has 0 saturated carbocycles. The second-order valence-electron chi connectivity index (χ2n) is 5.24. The fourth-order valence-electron chi connectivity index (χ4n) is 1.67. The summed E-state index contributed by atoms with van der Waals surface area (Å²) in [4.78, 5) is 11.8. The minimum Gasteiger partial charge on any atom is -0.461 e. The van der Waals surface area contributed by atoms with Gasteiger partial charge in [-0.05, 0) is 18.6 Å². The van der Waals surface area contributed by atoms with Gasteiger partial charge in [0.15, 0.2) is 0 Å². The van der Waals surface area contributed by atoms with Gasteiger partial charge in [0, 0.05) is 5.41 Å². The van der Waals surface area contributed by atoms with Crippen LogP contribution in [0.2, 0.25) is 0 Å². The van der Waals surface area contributed by atoms with E-state index < -0.39 is 11.5 Å². The molecule has 1 aromatic carbocycles. The lowest BCUT2D eigenvalue weighted by Gasteiger charge is -2.29. The van der Waals surface area contributed by atoms with E-state index in [-0.39, 0.29) is 12.6 Å². The van der Waals surface area contributed by atoms with E-state index in [9.17, 15) is 9.90 Å². The van der Waals surface area contributed by atoms with Crippen molar-refractivity contribution >= 4 is 5.97 Å². The number of hydrogen-bond acceptors (Lipinski definition) is 3. The molecule has 3 heteroatoms. The van der Waals surface area contributed by atoms with Gasteiger partial charge in [-0.3, -0.25) is 0 Å². The quantitative estimate of drug-likeness (QED) is 0.789.